The number of hydrogen-bond acceptors (Lipinski definition) is 4. The standard InChI is InChI=1S/C28H31N3O3S/c1-3-4-5-11-20-34-25-15-10-9-14-24(25)26(32)30-28(35)29-22-18-16-21(17-19-22)27(33)31(2)23-12-7-6-8-13-23/h6-10,12-19H,3-5,11,20H2,1-2H3,(H2,29,30,32,35). The Morgan fingerprint density at radius 3 is 2.29 bits per heavy atom. The van der Waals surface area contributed by atoms with Crippen LogP contribution in [-0.2, 0) is 0 Å². The van der Waals surface area contributed by atoms with E-state index in [9.17, 15) is 9.59 Å². The second-order valence-electron chi connectivity index (χ2n) is 8.09. The third kappa shape index (κ3) is 7.65. The minimum absolute atomic E-state index is 0.120. The molecule has 0 spiro atoms. The van der Waals surface area contributed by atoms with E-state index in [1.165, 1.54) is 6.42 Å². The van der Waals surface area contributed by atoms with Crippen molar-refractivity contribution < 1.29 is 14.3 Å². The first-order chi connectivity index (χ1) is 17.0. The average molecular weight is 490 g/mol. The second-order valence-corrected chi connectivity index (χ2v) is 8.50. The number of hydrogen-bond donors (Lipinski definition) is 2. The number of benzene rings is 3. The molecule has 3 aromatic carbocycles. The van der Waals surface area contributed by atoms with Gasteiger partial charge in [0.15, 0.2) is 5.11 Å². The van der Waals surface area contributed by atoms with Gasteiger partial charge in [-0.1, -0.05) is 56.5 Å². The molecule has 7 heteroatoms. The van der Waals surface area contributed by atoms with E-state index in [1.54, 1.807) is 54.4 Å². The summed E-state index contributed by atoms with van der Waals surface area (Å²) in [5.74, 6) is 0.0718. The van der Waals surface area contributed by atoms with Crippen molar-refractivity contribution >= 4 is 40.5 Å². The Morgan fingerprint density at radius 2 is 1.57 bits per heavy atom. The number of anilines is 2. The summed E-state index contributed by atoms with van der Waals surface area (Å²) >= 11 is 5.32. The predicted molar refractivity (Wildman–Crippen MR) is 145 cm³/mol. The molecule has 0 radical (unpaired) electrons. The largest absolute Gasteiger partial charge is 0.493 e. The summed E-state index contributed by atoms with van der Waals surface area (Å²) in [4.78, 5) is 27.1. The van der Waals surface area contributed by atoms with Crippen molar-refractivity contribution in [3.05, 3.63) is 90.0 Å². The molecule has 0 saturated carbocycles. The molecule has 3 rings (SSSR count). The molecule has 35 heavy (non-hydrogen) atoms. The van der Waals surface area contributed by atoms with Crippen molar-refractivity contribution in [3.8, 4) is 5.75 Å². The summed E-state index contributed by atoms with van der Waals surface area (Å²) in [6, 6.07) is 23.5. The van der Waals surface area contributed by atoms with Gasteiger partial charge in [0, 0.05) is 24.0 Å². The number of carbonyl (C=O) groups is 2. The van der Waals surface area contributed by atoms with E-state index in [2.05, 4.69) is 17.6 Å². The normalized spacial score (nSPS) is 10.3. The van der Waals surface area contributed by atoms with Gasteiger partial charge >= 0.3 is 0 Å². The van der Waals surface area contributed by atoms with E-state index in [-0.39, 0.29) is 16.9 Å². The van der Waals surface area contributed by atoms with Gasteiger partial charge in [0.25, 0.3) is 11.8 Å². The highest BCUT2D eigenvalue weighted by Gasteiger charge is 2.15. The molecule has 3 aromatic rings. The molecule has 2 N–H and O–H groups in total. The molecule has 182 valence electrons. The third-order valence-corrected chi connectivity index (χ3v) is 5.66. The molecule has 0 aliphatic heterocycles. The molecule has 6 nitrogen and oxygen atoms in total. The van der Waals surface area contributed by atoms with Gasteiger partial charge in [-0.3, -0.25) is 14.9 Å². The zero-order chi connectivity index (χ0) is 25.0. The second kappa shape index (κ2) is 13.2. The lowest BCUT2D eigenvalue weighted by molar-refractivity contribution is 0.0970. The van der Waals surface area contributed by atoms with E-state index in [0.29, 0.717) is 29.2 Å². The number of rotatable bonds is 10. The first-order valence-electron chi connectivity index (χ1n) is 11.8. The van der Waals surface area contributed by atoms with E-state index in [4.69, 9.17) is 17.0 Å². The van der Waals surface area contributed by atoms with Crippen molar-refractivity contribution in [2.75, 3.05) is 23.9 Å². The maximum atomic E-state index is 12.8. The number of thiocarbonyl (C=S) groups is 1. The van der Waals surface area contributed by atoms with Gasteiger partial charge < -0.3 is 15.0 Å². The Hall–Kier alpha value is -3.71. The Morgan fingerprint density at radius 1 is 0.886 bits per heavy atom. The predicted octanol–water partition coefficient (Wildman–Crippen LogP) is 6.05. The molecular formula is C28H31N3O3S. The Balaban J connectivity index is 1.55. The molecule has 0 aliphatic carbocycles. The van der Waals surface area contributed by atoms with Gasteiger partial charge in [0.05, 0.1) is 12.2 Å². The zero-order valence-corrected chi connectivity index (χ0v) is 20.9. The van der Waals surface area contributed by atoms with Crippen LogP contribution in [0.2, 0.25) is 0 Å². The zero-order valence-electron chi connectivity index (χ0n) is 20.1. The number of nitrogens with one attached hydrogen (secondary N) is 2. The molecule has 0 atom stereocenters. The Bertz CT molecular complexity index is 1130. The van der Waals surface area contributed by atoms with E-state index < -0.39 is 0 Å². The van der Waals surface area contributed by atoms with Gasteiger partial charge in [0.2, 0.25) is 0 Å². The maximum Gasteiger partial charge on any atom is 0.261 e. The maximum absolute atomic E-state index is 12.8. The monoisotopic (exact) mass is 489 g/mol. The minimum atomic E-state index is -0.344. The van der Waals surface area contributed by atoms with Crippen LogP contribution in [0.3, 0.4) is 0 Å². The number of carbonyl (C=O) groups excluding carboxylic acids is 2. The quantitative estimate of drug-likeness (QED) is 0.268. The van der Waals surface area contributed by atoms with Crippen LogP contribution in [0.1, 0.15) is 53.3 Å². The highest BCUT2D eigenvalue weighted by atomic mass is 32.1. The summed E-state index contributed by atoms with van der Waals surface area (Å²) in [5, 5.41) is 5.85. The van der Waals surface area contributed by atoms with Crippen LogP contribution < -0.4 is 20.3 Å². The molecule has 2 amide bonds. The van der Waals surface area contributed by atoms with Crippen molar-refractivity contribution in [2.24, 2.45) is 0 Å². The molecule has 0 fully saturated rings. The van der Waals surface area contributed by atoms with Gasteiger partial charge in [-0.05, 0) is 67.2 Å². The van der Waals surface area contributed by atoms with Crippen molar-refractivity contribution in [1.82, 2.24) is 5.32 Å². The van der Waals surface area contributed by atoms with Gasteiger partial charge in [0.1, 0.15) is 5.75 Å². The van der Waals surface area contributed by atoms with Crippen LogP contribution in [-0.4, -0.2) is 30.6 Å². The minimum Gasteiger partial charge on any atom is -0.493 e. The highest BCUT2D eigenvalue weighted by Crippen LogP contribution is 2.19. The summed E-state index contributed by atoms with van der Waals surface area (Å²) < 4.78 is 5.83. The topological polar surface area (TPSA) is 70.7 Å². The Kier molecular flexibility index (Phi) is 9.80. The molecular weight excluding hydrogens is 458 g/mol. The molecule has 0 heterocycles. The van der Waals surface area contributed by atoms with Crippen molar-refractivity contribution in [3.63, 3.8) is 0 Å². The number of para-hydroxylation sites is 2. The SMILES string of the molecule is CCCCCCOc1ccccc1C(=O)NC(=S)Nc1ccc(C(=O)N(C)c2ccccc2)cc1. The Labute approximate surface area is 212 Å². The molecule has 0 aromatic heterocycles. The fraction of sp³-hybridized carbons (Fsp3) is 0.250. The van der Waals surface area contributed by atoms with Crippen LogP contribution in [0, 0.1) is 0 Å². The summed E-state index contributed by atoms with van der Waals surface area (Å²) in [6.07, 6.45) is 4.38. The fourth-order valence-electron chi connectivity index (χ4n) is 3.48. The van der Waals surface area contributed by atoms with E-state index >= 15 is 0 Å². The average Bonchev–Trinajstić information content (AvgIpc) is 2.89. The van der Waals surface area contributed by atoms with Crippen molar-refractivity contribution in [2.45, 2.75) is 32.6 Å². The number of unbranched alkanes of at least 4 members (excludes halogenated alkanes) is 3. The summed E-state index contributed by atoms with van der Waals surface area (Å²) in [5.41, 5.74) is 2.45. The molecule has 0 bridgehead atoms. The van der Waals surface area contributed by atoms with Crippen LogP contribution in [0.25, 0.3) is 0 Å². The lowest BCUT2D eigenvalue weighted by Gasteiger charge is -2.17. The van der Waals surface area contributed by atoms with Gasteiger partial charge in [-0.25, -0.2) is 0 Å². The number of ether oxygens (including phenoxy) is 1. The fourth-order valence-corrected chi connectivity index (χ4v) is 3.69. The number of nitrogens with zero attached hydrogens (tertiary/aromatic N) is 1. The van der Waals surface area contributed by atoms with Crippen LogP contribution in [0.15, 0.2) is 78.9 Å². The smallest absolute Gasteiger partial charge is 0.261 e. The first kappa shape index (κ1) is 25.9. The van der Waals surface area contributed by atoms with Gasteiger partial charge in [-0.15, -0.1) is 0 Å². The van der Waals surface area contributed by atoms with Gasteiger partial charge in [-0.2, -0.15) is 0 Å². The molecule has 0 saturated heterocycles. The molecule has 0 unspecified atom stereocenters. The van der Waals surface area contributed by atoms with Crippen molar-refractivity contribution in [1.29, 1.82) is 0 Å². The summed E-state index contributed by atoms with van der Waals surface area (Å²) in [7, 11) is 1.74. The third-order valence-electron chi connectivity index (χ3n) is 5.45. The molecule has 0 aliphatic rings. The number of amides is 2. The first-order valence-corrected chi connectivity index (χ1v) is 12.2. The lowest BCUT2D eigenvalue weighted by atomic mass is 10.1. The van der Waals surface area contributed by atoms with Crippen LogP contribution >= 0.6 is 12.2 Å². The van der Waals surface area contributed by atoms with E-state index in [1.807, 2.05) is 36.4 Å². The van der Waals surface area contributed by atoms with E-state index in [0.717, 1.165) is 24.9 Å². The van der Waals surface area contributed by atoms with Crippen LogP contribution in [0.5, 0.6) is 5.75 Å². The highest BCUT2D eigenvalue weighted by molar-refractivity contribution is 7.80. The van der Waals surface area contributed by atoms with Crippen LogP contribution in [0.4, 0.5) is 11.4 Å². The summed E-state index contributed by atoms with van der Waals surface area (Å²) in [6.45, 7) is 2.73. The lowest BCUT2D eigenvalue weighted by Crippen LogP contribution is -2.34.